The predicted octanol–water partition coefficient (Wildman–Crippen LogP) is 2.76. The molecule has 0 aliphatic carbocycles. The Bertz CT molecular complexity index is 1110. The van der Waals surface area contributed by atoms with Gasteiger partial charge in [0.15, 0.2) is 0 Å². The molecular weight excluding hydrogens is 428 g/mol. The Labute approximate surface area is 200 Å². The molecule has 1 aliphatic heterocycles. The van der Waals surface area contributed by atoms with Gasteiger partial charge >= 0.3 is 0 Å². The molecule has 2 amide bonds. The summed E-state index contributed by atoms with van der Waals surface area (Å²) in [5.41, 5.74) is 9.64. The SMILES string of the molecule is CC(C)c1ccc([C@@H](NC(=O)[C@@H]2CCCN2C(=O)Cn2nncc2CN)c2ccccc2)cc1. The average Bonchev–Trinajstić information content (AvgIpc) is 3.52. The number of carbonyl (C=O) groups is 2. The number of nitrogens with two attached hydrogens (primary N) is 1. The molecule has 0 saturated carbocycles. The largest absolute Gasteiger partial charge is 0.343 e. The van der Waals surface area contributed by atoms with Crippen LogP contribution < -0.4 is 11.1 Å². The third-order valence-corrected chi connectivity index (χ3v) is 6.42. The first-order chi connectivity index (χ1) is 16.5. The molecule has 2 atom stereocenters. The van der Waals surface area contributed by atoms with Crippen LogP contribution in [0.25, 0.3) is 0 Å². The zero-order valence-corrected chi connectivity index (χ0v) is 19.7. The highest BCUT2D eigenvalue weighted by molar-refractivity contribution is 5.88. The Balaban J connectivity index is 1.53. The Kier molecular flexibility index (Phi) is 7.37. The van der Waals surface area contributed by atoms with E-state index in [0.29, 0.717) is 24.6 Å². The van der Waals surface area contributed by atoms with E-state index in [2.05, 4.69) is 53.7 Å². The number of rotatable bonds is 8. The highest BCUT2D eigenvalue weighted by atomic mass is 16.2. The molecule has 0 spiro atoms. The summed E-state index contributed by atoms with van der Waals surface area (Å²) in [4.78, 5) is 28.2. The van der Waals surface area contributed by atoms with E-state index < -0.39 is 6.04 Å². The van der Waals surface area contributed by atoms with E-state index >= 15 is 0 Å². The highest BCUT2D eigenvalue weighted by Gasteiger charge is 2.35. The molecule has 1 aromatic heterocycles. The first-order valence-electron chi connectivity index (χ1n) is 11.8. The summed E-state index contributed by atoms with van der Waals surface area (Å²) in [5, 5.41) is 11.0. The molecule has 1 fully saturated rings. The van der Waals surface area contributed by atoms with Crippen LogP contribution in [0.2, 0.25) is 0 Å². The van der Waals surface area contributed by atoms with E-state index in [0.717, 1.165) is 17.5 Å². The number of carbonyl (C=O) groups excluding carboxylic acids is 2. The van der Waals surface area contributed by atoms with Crippen LogP contribution in [0.4, 0.5) is 0 Å². The van der Waals surface area contributed by atoms with Crippen molar-refractivity contribution in [3.05, 3.63) is 83.2 Å². The van der Waals surface area contributed by atoms with Crippen LogP contribution in [0.1, 0.15) is 61.0 Å². The Morgan fingerprint density at radius 3 is 2.41 bits per heavy atom. The fourth-order valence-corrected chi connectivity index (χ4v) is 4.44. The third-order valence-electron chi connectivity index (χ3n) is 6.42. The van der Waals surface area contributed by atoms with E-state index in [1.165, 1.54) is 10.2 Å². The van der Waals surface area contributed by atoms with E-state index in [4.69, 9.17) is 5.73 Å². The van der Waals surface area contributed by atoms with Crippen LogP contribution in [0.3, 0.4) is 0 Å². The zero-order chi connectivity index (χ0) is 24.1. The summed E-state index contributed by atoms with van der Waals surface area (Å²) in [6.07, 6.45) is 2.97. The first kappa shape index (κ1) is 23.6. The van der Waals surface area contributed by atoms with Crippen molar-refractivity contribution in [2.75, 3.05) is 6.54 Å². The van der Waals surface area contributed by atoms with E-state index in [1.54, 1.807) is 11.1 Å². The lowest BCUT2D eigenvalue weighted by Crippen LogP contribution is -2.48. The summed E-state index contributed by atoms with van der Waals surface area (Å²) in [6.45, 7) is 5.14. The topological polar surface area (TPSA) is 106 Å². The van der Waals surface area contributed by atoms with Crippen molar-refractivity contribution in [2.45, 2.75) is 57.8 Å². The second-order valence-corrected chi connectivity index (χ2v) is 9.01. The molecule has 8 nitrogen and oxygen atoms in total. The van der Waals surface area contributed by atoms with Crippen molar-refractivity contribution in [2.24, 2.45) is 5.73 Å². The van der Waals surface area contributed by atoms with Crippen LogP contribution in [-0.4, -0.2) is 44.3 Å². The average molecular weight is 461 g/mol. The molecule has 1 saturated heterocycles. The molecule has 1 aliphatic rings. The molecule has 2 heterocycles. The van der Waals surface area contributed by atoms with Gasteiger partial charge in [0.25, 0.3) is 0 Å². The second kappa shape index (κ2) is 10.6. The number of nitrogens with one attached hydrogen (secondary N) is 1. The maximum absolute atomic E-state index is 13.5. The van der Waals surface area contributed by atoms with Crippen LogP contribution in [0, 0.1) is 0 Å². The maximum Gasteiger partial charge on any atom is 0.245 e. The minimum Gasteiger partial charge on any atom is -0.343 e. The molecule has 0 radical (unpaired) electrons. The molecule has 4 rings (SSSR count). The van der Waals surface area contributed by atoms with Gasteiger partial charge in [-0.3, -0.25) is 9.59 Å². The van der Waals surface area contributed by atoms with E-state index in [-0.39, 0.29) is 30.9 Å². The Hall–Kier alpha value is -3.52. The number of aromatic nitrogens is 3. The van der Waals surface area contributed by atoms with Crippen molar-refractivity contribution >= 4 is 11.8 Å². The lowest BCUT2D eigenvalue weighted by molar-refractivity contribution is -0.139. The number of likely N-dealkylation sites (tertiary alicyclic amines) is 1. The number of hydrogen-bond acceptors (Lipinski definition) is 5. The molecule has 2 aromatic carbocycles. The van der Waals surface area contributed by atoms with Gasteiger partial charge in [-0.15, -0.1) is 5.10 Å². The van der Waals surface area contributed by atoms with Crippen molar-refractivity contribution < 1.29 is 9.59 Å². The molecular formula is C26H32N6O2. The van der Waals surface area contributed by atoms with Gasteiger partial charge in [-0.05, 0) is 35.4 Å². The van der Waals surface area contributed by atoms with Gasteiger partial charge < -0.3 is 16.0 Å². The van der Waals surface area contributed by atoms with Gasteiger partial charge in [0.05, 0.1) is 17.9 Å². The molecule has 0 unspecified atom stereocenters. The van der Waals surface area contributed by atoms with Crippen LogP contribution >= 0.6 is 0 Å². The number of hydrogen-bond donors (Lipinski definition) is 2. The van der Waals surface area contributed by atoms with Gasteiger partial charge in [-0.2, -0.15) is 0 Å². The smallest absolute Gasteiger partial charge is 0.245 e. The fraction of sp³-hybridized carbons (Fsp3) is 0.385. The number of nitrogens with zero attached hydrogens (tertiary/aromatic N) is 4. The first-order valence-corrected chi connectivity index (χ1v) is 11.8. The van der Waals surface area contributed by atoms with Crippen molar-refractivity contribution in [3.8, 4) is 0 Å². The van der Waals surface area contributed by atoms with Crippen molar-refractivity contribution in [3.63, 3.8) is 0 Å². The predicted molar refractivity (Wildman–Crippen MR) is 130 cm³/mol. The quantitative estimate of drug-likeness (QED) is 0.538. The third kappa shape index (κ3) is 5.17. The fourth-order valence-electron chi connectivity index (χ4n) is 4.44. The molecule has 34 heavy (non-hydrogen) atoms. The highest BCUT2D eigenvalue weighted by Crippen LogP contribution is 2.26. The van der Waals surface area contributed by atoms with Gasteiger partial charge in [0.2, 0.25) is 11.8 Å². The van der Waals surface area contributed by atoms with E-state index in [1.807, 2.05) is 30.3 Å². The molecule has 8 heteroatoms. The van der Waals surface area contributed by atoms with Gasteiger partial charge in [0.1, 0.15) is 12.6 Å². The van der Waals surface area contributed by atoms with Gasteiger partial charge in [-0.1, -0.05) is 73.7 Å². The van der Waals surface area contributed by atoms with E-state index in [9.17, 15) is 9.59 Å². The summed E-state index contributed by atoms with van der Waals surface area (Å²) >= 11 is 0. The minimum atomic E-state index is -0.515. The molecule has 3 aromatic rings. The summed E-state index contributed by atoms with van der Waals surface area (Å²) in [6, 6.07) is 17.5. The van der Waals surface area contributed by atoms with Gasteiger partial charge in [-0.25, -0.2) is 4.68 Å². The molecule has 3 N–H and O–H groups in total. The lowest BCUT2D eigenvalue weighted by Gasteiger charge is -2.27. The molecule has 178 valence electrons. The summed E-state index contributed by atoms with van der Waals surface area (Å²) in [5.74, 6) is 0.127. The minimum absolute atomic E-state index is 0.0229. The van der Waals surface area contributed by atoms with Crippen LogP contribution in [-0.2, 0) is 22.7 Å². The second-order valence-electron chi connectivity index (χ2n) is 9.01. The van der Waals surface area contributed by atoms with Gasteiger partial charge in [0, 0.05) is 13.1 Å². The molecule has 0 bridgehead atoms. The van der Waals surface area contributed by atoms with Crippen LogP contribution in [0.5, 0.6) is 0 Å². The zero-order valence-electron chi connectivity index (χ0n) is 19.7. The van der Waals surface area contributed by atoms with Crippen molar-refractivity contribution in [1.82, 2.24) is 25.2 Å². The Morgan fingerprint density at radius 2 is 1.74 bits per heavy atom. The summed E-state index contributed by atoms with van der Waals surface area (Å²) in [7, 11) is 0. The number of benzene rings is 2. The number of amides is 2. The summed E-state index contributed by atoms with van der Waals surface area (Å²) < 4.78 is 1.50. The lowest BCUT2D eigenvalue weighted by atomic mass is 9.95. The van der Waals surface area contributed by atoms with Crippen LogP contribution in [0.15, 0.2) is 60.8 Å². The Morgan fingerprint density at radius 1 is 1.06 bits per heavy atom. The maximum atomic E-state index is 13.5. The standard InChI is InChI=1S/C26H32N6O2/c1-18(2)19-10-12-21(13-11-19)25(20-7-4-3-5-8-20)29-26(34)23-9-6-14-31(23)24(33)17-32-22(15-27)16-28-30-32/h3-5,7-8,10-13,16,18,23,25H,6,9,14-15,17,27H2,1-2H3,(H,29,34)/t23-,25-/m0/s1. The normalized spacial score (nSPS) is 16.6. The van der Waals surface area contributed by atoms with Crippen molar-refractivity contribution in [1.29, 1.82) is 0 Å². The monoisotopic (exact) mass is 460 g/mol.